The van der Waals surface area contributed by atoms with Crippen LogP contribution < -0.4 is 0 Å². The summed E-state index contributed by atoms with van der Waals surface area (Å²) in [7, 11) is 0. The van der Waals surface area contributed by atoms with Crippen LogP contribution in [-0.2, 0) is 9.59 Å². The highest BCUT2D eigenvalue weighted by atomic mass is 32.2. The highest BCUT2D eigenvalue weighted by molar-refractivity contribution is 8.18. The molecular formula is C23H22N4O4S2. The fraction of sp³-hybridized carbons (Fsp3) is 0.304. The van der Waals surface area contributed by atoms with Crippen LogP contribution >= 0.6 is 23.5 Å². The van der Waals surface area contributed by atoms with Gasteiger partial charge in [0.15, 0.2) is 10.2 Å². The van der Waals surface area contributed by atoms with Gasteiger partial charge >= 0.3 is 0 Å². The maximum atomic E-state index is 12.8. The number of nitrogens with zero attached hydrogens (tertiary/aromatic N) is 3. The van der Waals surface area contributed by atoms with Gasteiger partial charge in [0.2, 0.25) is 5.91 Å². The number of imidazole rings is 1. The SMILES string of the molecule is O=C(CN1C(=O)SC(=Cc2ccc(Sc3nc4ccccc4[nH]3)o2)C1=O)N1CCCCCC1. The van der Waals surface area contributed by atoms with E-state index in [9.17, 15) is 14.4 Å². The first kappa shape index (κ1) is 21.8. The average molecular weight is 483 g/mol. The number of aromatic amines is 1. The largest absolute Gasteiger partial charge is 0.450 e. The van der Waals surface area contributed by atoms with Gasteiger partial charge in [-0.2, -0.15) is 0 Å². The number of carbonyl (C=O) groups excluding carboxylic acids is 3. The minimum atomic E-state index is -0.462. The predicted molar refractivity (Wildman–Crippen MR) is 127 cm³/mol. The number of furan rings is 1. The monoisotopic (exact) mass is 482 g/mol. The van der Waals surface area contributed by atoms with Gasteiger partial charge in [-0.15, -0.1) is 0 Å². The Morgan fingerprint density at radius 3 is 2.70 bits per heavy atom. The van der Waals surface area contributed by atoms with Crippen LogP contribution in [0.15, 0.2) is 56.0 Å². The van der Waals surface area contributed by atoms with Crippen LogP contribution in [0, 0.1) is 0 Å². The van der Waals surface area contributed by atoms with E-state index in [4.69, 9.17) is 4.42 Å². The molecule has 0 bridgehead atoms. The Morgan fingerprint density at radius 1 is 1.12 bits per heavy atom. The number of imide groups is 1. The molecule has 4 heterocycles. The molecule has 2 aromatic heterocycles. The number of fused-ring (bicyclic) bond motifs is 1. The van der Waals surface area contributed by atoms with E-state index in [1.165, 1.54) is 11.8 Å². The second-order valence-corrected chi connectivity index (χ2v) is 9.87. The zero-order valence-electron chi connectivity index (χ0n) is 17.8. The van der Waals surface area contributed by atoms with Crippen molar-refractivity contribution in [1.29, 1.82) is 0 Å². The van der Waals surface area contributed by atoms with E-state index in [1.54, 1.807) is 23.1 Å². The number of H-pyrrole nitrogens is 1. The summed E-state index contributed by atoms with van der Waals surface area (Å²) in [6.07, 6.45) is 5.67. The van der Waals surface area contributed by atoms with Crippen LogP contribution in [0.25, 0.3) is 17.1 Å². The molecule has 1 aromatic carbocycles. The zero-order valence-corrected chi connectivity index (χ0v) is 19.4. The molecule has 3 amide bonds. The van der Waals surface area contributed by atoms with Crippen molar-refractivity contribution in [3.05, 3.63) is 47.1 Å². The minimum absolute atomic E-state index is 0.178. The Bertz CT molecular complexity index is 1210. The van der Waals surface area contributed by atoms with Gasteiger partial charge in [0.25, 0.3) is 11.1 Å². The number of hydrogen-bond donors (Lipinski definition) is 1. The Morgan fingerprint density at radius 2 is 1.91 bits per heavy atom. The normalized spacial score (nSPS) is 18.5. The second kappa shape index (κ2) is 9.48. The number of thioether (sulfide) groups is 1. The van der Waals surface area contributed by atoms with Crippen molar-refractivity contribution in [2.24, 2.45) is 0 Å². The van der Waals surface area contributed by atoms with Gasteiger partial charge in [-0.05, 0) is 60.6 Å². The topological polar surface area (TPSA) is 99.5 Å². The van der Waals surface area contributed by atoms with Crippen LogP contribution in [0.3, 0.4) is 0 Å². The summed E-state index contributed by atoms with van der Waals surface area (Å²) in [5.74, 6) is -0.183. The summed E-state index contributed by atoms with van der Waals surface area (Å²) in [5, 5.41) is 0.873. The molecule has 2 aliphatic rings. The Hall–Kier alpha value is -2.98. The first-order valence-corrected chi connectivity index (χ1v) is 12.5. The summed E-state index contributed by atoms with van der Waals surface area (Å²) in [5.41, 5.74) is 1.81. The van der Waals surface area contributed by atoms with Gasteiger partial charge < -0.3 is 14.3 Å². The first-order valence-electron chi connectivity index (χ1n) is 10.8. The van der Waals surface area contributed by atoms with Gasteiger partial charge in [0, 0.05) is 19.2 Å². The lowest BCUT2D eigenvalue weighted by molar-refractivity contribution is -0.135. The van der Waals surface area contributed by atoms with Gasteiger partial charge in [0.1, 0.15) is 12.3 Å². The molecule has 0 unspecified atom stereocenters. The van der Waals surface area contributed by atoms with Crippen LogP contribution in [0.2, 0.25) is 0 Å². The number of benzene rings is 1. The Balaban J connectivity index is 1.25. The highest BCUT2D eigenvalue weighted by Gasteiger charge is 2.37. The van der Waals surface area contributed by atoms with E-state index in [2.05, 4.69) is 9.97 Å². The van der Waals surface area contributed by atoms with Crippen molar-refractivity contribution in [3.63, 3.8) is 0 Å². The fourth-order valence-electron chi connectivity index (χ4n) is 3.86. The summed E-state index contributed by atoms with van der Waals surface area (Å²) < 4.78 is 5.81. The van der Waals surface area contributed by atoms with Crippen LogP contribution in [0.4, 0.5) is 4.79 Å². The molecule has 8 nitrogen and oxygen atoms in total. The molecule has 5 rings (SSSR count). The van der Waals surface area contributed by atoms with E-state index >= 15 is 0 Å². The van der Waals surface area contributed by atoms with Gasteiger partial charge in [-0.25, -0.2) is 4.98 Å². The maximum Gasteiger partial charge on any atom is 0.294 e. The number of nitrogens with one attached hydrogen (secondary N) is 1. The third-order valence-corrected chi connectivity index (χ3v) is 7.28. The molecule has 0 aliphatic carbocycles. The number of amides is 3. The quantitative estimate of drug-likeness (QED) is 0.524. The van der Waals surface area contributed by atoms with Gasteiger partial charge in [0.05, 0.1) is 15.9 Å². The minimum Gasteiger partial charge on any atom is -0.450 e. The summed E-state index contributed by atoms with van der Waals surface area (Å²) in [6, 6.07) is 11.3. The van der Waals surface area contributed by atoms with Crippen molar-refractivity contribution < 1.29 is 18.8 Å². The lowest BCUT2D eigenvalue weighted by Gasteiger charge is -2.22. The number of rotatable bonds is 5. The highest BCUT2D eigenvalue weighted by Crippen LogP contribution is 2.34. The van der Waals surface area contributed by atoms with Gasteiger partial charge in [-0.1, -0.05) is 25.0 Å². The second-order valence-electron chi connectivity index (χ2n) is 7.88. The number of aromatic nitrogens is 2. The Kier molecular flexibility index (Phi) is 6.28. The third kappa shape index (κ3) is 4.86. The molecule has 2 saturated heterocycles. The van der Waals surface area contributed by atoms with Crippen molar-refractivity contribution >= 4 is 57.7 Å². The van der Waals surface area contributed by atoms with Crippen molar-refractivity contribution in [2.45, 2.75) is 35.9 Å². The molecule has 170 valence electrons. The van der Waals surface area contributed by atoms with Crippen molar-refractivity contribution in [1.82, 2.24) is 19.8 Å². The van der Waals surface area contributed by atoms with Crippen LogP contribution in [0.5, 0.6) is 0 Å². The smallest absolute Gasteiger partial charge is 0.294 e. The van der Waals surface area contributed by atoms with Crippen molar-refractivity contribution in [2.75, 3.05) is 19.6 Å². The van der Waals surface area contributed by atoms with E-state index in [-0.39, 0.29) is 17.4 Å². The molecule has 0 spiro atoms. The number of carbonyl (C=O) groups is 3. The lowest BCUT2D eigenvalue weighted by Crippen LogP contribution is -2.42. The van der Waals surface area contributed by atoms with E-state index in [0.29, 0.717) is 29.1 Å². The average Bonchev–Trinajstić information content (AvgIpc) is 3.40. The molecule has 2 fully saturated rings. The zero-order chi connectivity index (χ0) is 22.8. The lowest BCUT2D eigenvalue weighted by atomic mass is 10.2. The predicted octanol–water partition coefficient (Wildman–Crippen LogP) is 4.75. The summed E-state index contributed by atoms with van der Waals surface area (Å²) in [6.45, 7) is 1.15. The first-order chi connectivity index (χ1) is 16.1. The van der Waals surface area contributed by atoms with Crippen molar-refractivity contribution in [3.8, 4) is 0 Å². The van der Waals surface area contributed by atoms with Crippen LogP contribution in [0.1, 0.15) is 31.4 Å². The van der Waals surface area contributed by atoms with Crippen LogP contribution in [-0.4, -0.2) is 56.5 Å². The summed E-state index contributed by atoms with van der Waals surface area (Å²) >= 11 is 2.17. The van der Waals surface area contributed by atoms with E-state index < -0.39 is 11.1 Å². The molecule has 3 aromatic rings. The summed E-state index contributed by atoms with van der Waals surface area (Å²) in [4.78, 5) is 48.6. The molecule has 0 radical (unpaired) electrons. The Labute approximate surface area is 198 Å². The third-order valence-electron chi connectivity index (χ3n) is 5.57. The molecule has 10 heteroatoms. The number of hydrogen-bond acceptors (Lipinski definition) is 7. The molecule has 1 N–H and O–H groups in total. The maximum absolute atomic E-state index is 12.8. The molecule has 2 aliphatic heterocycles. The van der Waals surface area contributed by atoms with Gasteiger partial charge in [-0.3, -0.25) is 19.3 Å². The number of likely N-dealkylation sites (tertiary alicyclic amines) is 1. The standard InChI is InChI=1S/C23H22N4O4S2/c28-19(26-11-5-1-2-6-12-26)14-27-21(29)18(32-23(27)30)13-15-9-10-20(31-15)33-22-24-16-7-3-4-8-17(16)25-22/h3-4,7-10,13H,1-2,5-6,11-12,14H2,(H,24,25). The number of para-hydroxylation sites is 2. The molecular weight excluding hydrogens is 460 g/mol. The molecule has 0 atom stereocenters. The fourth-order valence-corrected chi connectivity index (χ4v) is 5.45. The van der Waals surface area contributed by atoms with E-state index in [0.717, 1.165) is 53.4 Å². The molecule has 0 saturated carbocycles. The van der Waals surface area contributed by atoms with E-state index in [1.807, 2.05) is 24.3 Å². The molecule has 33 heavy (non-hydrogen) atoms.